The standard InChI is InChI=1S/C28H19F5N4O5.C26H24N6O4S.C22H20N4O5.C4H6N2S/c1-13-12-36(26(39)14-5-3-2-4-6-14)9-10-37(13)27(40)24(38)16-11-35-22-15(7-8-34-23(16)22)28(41)42-25-20(32)18(30)17(29)19(31)21(25)33;1-15-14-37-26(29-15)30-23(34)18-8-9-27-21-19(12-28-20(18)21)22(33)25(36)32-11-10-31(13-16(32)2)24(35)17-6-4-3-5-7-17;1-13-12-25(20(28)14-5-3-2-4-6-14)9-10-26(13)21(29)19(27)16-11-24-17-15(22(30)31)7-8-23-18(16)17;1-3-2-7-4(5)6-3/h2-8,11,13,35H,9-10,12H2,1H3;3-9,12,14,16,28H,10-11,13H2,1-2H3,(H,29,30,34);2-8,11,13,24H,9-10,12H2,1H3,(H,30,31);2H,1H3,(H2,5,6)/t13-;16-;13-;/m111./s1. The van der Waals surface area contributed by atoms with Crippen molar-refractivity contribution in [2.24, 2.45) is 0 Å². The molecule has 7 amide bonds. The summed E-state index contributed by atoms with van der Waals surface area (Å²) in [5, 5.41) is 16.9. The average molecular weight is 1640 g/mol. The van der Waals surface area contributed by atoms with E-state index < -0.39 is 99.4 Å². The molecule has 12 aromatic rings. The number of carboxylic acid groups (broad SMARTS) is 1. The number of hydrogen-bond acceptors (Lipinski definition) is 21. The normalized spacial score (nSPS) is 15.2. The highest BCUT2D eigenvalue weighted by Crippen LogP contribution is 2.33. The zero-order chi connectivity index (χ0) is 83.8. The summed E-state index contributed by atoms with van der Waals surface area (Å²) in [6.45, 7) is 11.2. The molecule has 0 spiro atoms. The Bertz CT molecular complexity index is 5860. The van der Waals surface area contributed by atoms with Crippen LogP contribution in [0.2, 0.25) is 0 Å². The maximum absolute atomic E-state index is 14.0. The Hall–Kier alpha value is -14.1. The number of rotatable bonds is 14. The Morgan fingerprint density at radius 2 is 0.795 bits per heavy atom. The Morgan fingerprint density at radius 1 is 0.453 bits per heavy atom. The number of nitrogens with zero attached hydrogens (tertiary/aromatic N) is 11. The number of halogens is 5. The van der Waals surface area contributed by atoms with E-state index in [1.165, 1.54) is 74.3 Å². The number of H-pyrrole nitrogens is 3. The largest absolute Gasteiger partial charge is 0.478 e. The topological polar surface area (TPSA) is 404 Å². The van der Waals surface area contributed by atoms with Crippen LogP contribution in [0.15, 0.2) is 157 Å². The highest BCUT2D eigenvalue weighted by Gasteiger charge is 2.39. The predicted molar refractivity (Wildman–Crippen MR) is 416 cm³/mol. The number of thiazole rings is 2. The number of aromatic carboxylic acids is 1. The van der Waals surface area contributed by atoms with Gasteiger partial charge in [-0.05, 0) is 89.2 Å². The smallest absolute Gasteiger partial charge is 0.346 e. The fourth-order valence-electron chi connectivity index (χ4n) is 13.3. The Morgan fingerprint density at radius 3 is 1.13 bits per heavy atom. The van der Waals surface area contributed by atoms with Gasteiger partial charge in [-0.15, -0.1) is 22.7 Å². The fraction of sp³-hybridized carbons (Fsp3) is 0.212. The highest BCUT2D eigenvalue weighted by molar-refractivity contribution is 7.14. The molecule has 3 fully saturated rings. The molecule has 600 valence electrons. The quantitative estimate of drug-likeness (QED) is 0.0112. The van der Waals surface area contributed by atoms with Gasteiger partial charge in [0, 0.05) is 142 Å². The Balaban J connectivity index is 0.000000156. The average Bonchev–Trinajstić information content (AvgIpc) is 1.75. The number of piperazine rings is 3. The molecule has 11 heterocycles. The van der Waals surface area contributed by atoms with Crippen LogP contribution >= 0.6 is 22.7 Å². The number of benzene rings is 4. The number of aromatic amines is 3. The van der Waals surface area contributed by atoms with Gasteiger partial charge in [-0.3, -0.25) is 68.2 Å². The first-order valence-corrected chi connectivity index (χ1v) is 37.6. The molecule has 3 saturated heterocycles. The van der Waals surface area contributed by atoms with Crippen LogP contribution in [0.5, 0.6) is 5.75 Å². The number of nitrogen functional groups attached to an aromatic ring is 1. The number of nitrogens with one attached hydrogen (secondary N) is 4. The number of pyridine rings is 3. The first-order chi connectivity index (χ1) is 56.0. The lowest BCUT2D eigenvalue weighted by atomic mass is 10.1. The van der Waals surface area contributed by atoms with Crippen molar-refractivity contribution in [3.63, 3.8) is 0 Å². The zero-order valence-electron chi connectivity index (χ0n) is 62.6. The number of esters is 1. The number of aromatic nitrogens is 8. The maximum Gasteiger partial charge on any atom is 0.346 e. The van der Waals surface area contributed by atoms with Crippen molar-refractivity contribution in [1.82, 2.24) is 69.3 Å². The molecule has 30 nitrogen and oxygen atoms in total. The van der Waals surface area contributed by atoms with Crippen molar-refractivity contribution < 1.29 is 89.3 Å². The number of carboxylic acids is 1. The molecule has 3 aliphatic rings. The molecule has 7 N–H and O–H groups in total. The molecule has 0 bridgehead atoms. The van der Waals surface area contributed by atoms with Crippen molar-refractivity contribution in [2.75, 3.05) is 70.0 Å². The number of fused-ring (bicyclic) bond motifs is 3. The molecular weight excluding hydrogens is 1570 g/mol. The minimum atomic E-state index is -2.42. The fourth-order valence-corrected chi connectivity index (χ4v) is 14.5. The number of hydrogen-bond donors (Lipinski definition) is 6. The third-order valence-electron chi connectivity index (χ3n) is 19.1. The van der Waals surface area contributed by atoms with Gasteiger partial charge in [-0.1, -0.05) is 54.6 Å². The number of Topliss-reactive ketones (excluding diaryl/α,β-unsaturated/α-hetero) is 3. The monoisotopic (exact) mass is 1640 g/mol. The van der Waals surface area contributed by atoms with Gasteiger partial charge in [0.2, 0.25) is 34.8 Å². The number of carbonyl (C=O) groups is 12. The van der Waals surface area contributed by atoms with Gasteiger partial charge in [0.15, 0.2) is 10.3 Å². The van der Waals surface area contributed by atoms with Crippen molar-refractivity contribution in [1.29, 1.82) is 0 Å². The molecular formula is C80H69F5N16O14S2. The summed E-state index contributed by atoms with van der Waals surface area (Å²) >= 11 is 2.78. The van der Waals surface area contributed by atoms with Gasteiger partial charge in [0.1, 0.15) is 16.6 Å². The van der Waals surface area contributed by atoms with E-state index >= 15 is 0 Å². The van der Waals surface area contributed by atoms with Crippen LogP contribution in [-0.2, 0) is 14.4 Å². The molecule has 0 saturated carbocycles. The molecule has 37 heteroatoms. The van der Waals surface area contributed by atoms with E-state index in [2.05, 4.69) is 49.9 Å². The highest BCUT2D eigenvalue weighted by atomic mass is 32.1. The minimum absolute atomic E-state index is 0.0260. The molecule has 0 unspecified atom stereocenters. The second-order valence-electron chi connectivity index (χ2n) is 26.9. The summed E-state index contributed by atoms with van der Waals surface area (Å²) < 4.78 is 73.0. The number of nitrogens with two attached hydrogens (primary N) is 1. The van der Waals surface area contributed by atoms with Crippen molar-refractivity contribution in [2.45, 2.75) is 52.7 Å². The molecule has 4 aromatic carbocycles. The van der Waals surface area contributed by atoms with Crippen LogP contribution in [-0.4, -0.2) is 222 Å². The van der Waals surface area contributed by atoms with E-state index in [1.54, 1.807) is 107 Å². The second-order valence-corrected chi connectivity index (χ2v) is 28.7. The number of ketones is 3. The number of ether oxygens (including phenoxy) is 1. The number of anilines is 2. The van der Waals surface area contributed by atoms with E-state index in [0.29, 0.717) is 58.6 Å². The van der Waals surface area contributed by atoms with E-state index in [0.717, 1.165) is 29.8 Å². The third kappa shape index (κ3) is 17.7. The number of aryl methyl sites for hydroxylation is 2. The molecule has 0 radical (unpaired) electrons. The second kappa shape index (κ2) is 35.5. The van der Waals surface area contributed by atoms with Crippen LogP contribution < -0.4 is 15.8 Å². The van der Waals surface area contributed by atoms with E-state index in [4.69, 9.17) is 5.73 Å². The third-order valence-corrected chi connectivity index (χ3v) is 20.8. The van der Waals surface area contributed by atoms with E-state index in [-0.39, 0.29) is 118 Å². The summed E-state index contributed by atoms with van der Waals surface area (Å²) in [5.41, 5.74) is 8.97. The first-order valence-electron chi connectivity index (χ1n) is 35.9. The SMILES string of the molecule is C[C@@H]1CN(C(=O)c2ccccc2)CCN1C(=O)C(=O)c1c[nH]c2c(C(=O)O)ccnc12.C[C@@H]1CN(C(=O)c2ccccc2)CCN1C(=O)C(=O)c1c[nH]c2c(C(=O)Oc3c(F)c(F)c(F)c(F)c3F)ccnc12.Cc1csc(N)n1.Cc1csc(NC(=O)c2ccnc3c(C(=O)C(=O)N4CCN(C(=O)c5ccccc5)C[C@H]4C)c[nH]c23)n1. The minimum Gasteiger partial charge on any atom is -0.478 e. The lowest BCUT2D eigenvalue weighted by Gasteiger charge is -2.39. The van der Waals surface area contributed by atoms with E-state index in [9.17, 15) is 84.6 Å². The number of carbonyl (C=O) groups excluding carboxylic acids is 11. The van der Waals surface area contributed by atoms with Gasteiger partial charge in [-0.2, -0.15) is 8.78 Å². The summed E-state index contributed by atoms with van der Waals surface area (Å²) in [4.78, 5) is 192. The summed E-state index contributed by atoms with van der Waals surface area (Å²) in [6, 6.07) is 29.1. The molecule has 3 aliphatic heterocycles. The molecule has 0 aliphatic carbocycles. The van der Waals surface area contributed by atoms with Crippen LogP contribution in [0, 0.1) is 42.9 Å². The lowest BCUT2D eigenvalue weighted by molar-refractivity contribution is -0.130. The molecule has 15 rings (SSSR count). The lowest BCUT2D eigenvalue weighted by Crippen LogP contribution is -2.56. The van der Waals surface area contributed by atoms with Gasteiger partial charge in [0.05, 0.1) is 61.3 Å². The summed E-state index contributed by atoms with van der Waals surface area (Å²) in [5.74, 6) is -21.8. The van der Waals surface area contributed by atoms with Crippen molar-refractivity contribution >= 4 is 137 Å². The van der Waals surface area contributed by atoms with Crippen molar-refractivity contribution in [3.05, 3.63) is 248 Å². The molecule has 8 aromatic heterocycles. The Kier molecular flexibility index (Phi) is 25.0. The van der Waals surface area contributed by atoms with Crippen LogP contribution in [0.25, 0.3) is 33.1 Å². The summed E-state index contributed by atoms with van der Waals surface area (Å²) in [7, 11) is 0. The van der Waals surface area contributed by atoms with Crippen LogP contribution in [0.1, 0.15) is 125 Å². The van der Waals surface area contributed by atoms with E-state index in [1.807, 2.05) is 43.7 Å². The van der Waals surface area contributed by atoms with Crippen LogP contribution in [0.4, 0.5) is 32.2 Å². The van der Waals surface area contributed by atoms with Gasteiger partial charge < -0.3 is 59.9 Å². The molecule has 3 atom stereocenters. The number of amides is 7. The summed E-state index contributed by atoms with van der Waals surface area (Å²) in [6.07, 6.45) is 7.55. The van der Waals surface area contributed by atoms with Crippen molar-refractivity contribution in [3.8, 4) is 5.75 Å². The zero-order valence-corrected chi connectivity index (χ0v) is 64.2. The first kappa shape index (κ1) is 82.4. The van der Waals surface area contributed by atoms with Crippen LogP contribution in [0.3, 0.4) is 0 Å². The van der Waals surface area contributed by atoms with Gasteiger partial charge in [-0.25, -0.2) is 32.7 Å². The molecule has 117 heavy (non-hydrogen) atoms. The maximum atomic E-state index is 14.0. The van der Waals surface area contributed by atoms with Gasteiger partial charge in [0.25, 0.3) is 58.7 Å². The predicted octanol–water partition coefficient (Wildman–Crippen LogP) is 10.0. The Labute approximate surface area is 668 Å². The van der Waals surface area contributed by atoms with Gasteiger partial charge >= 0.3 is 11.9 Å².